The zero-order valence-electron chi connectivity index (χ0n) is 50.6. The van der Waals surface area contributed by atoms with Crippen LogP contribution >= 0.6 is 44.3 Å². The summed E-state index contributed by atoms with van der Waals surface area (Å²) in [7, 11) is 7.78. The van der Waals surface area contributed by atoms with Crippen LogP contribution in [0.1, 0.15) is 130 Å². The Hall–Kier alpha value is -6.01. The number of imidazole rings is 1. The maximum absolute atomic E-state index is 16.6. The SMILES string of the molecule is CC#Cc1ccc(-c2ccc(C(=O)C3CCC45C=CC6C7C8C#Cc9c(cc(O)c%10c9NC(C=C%10)C(C)(O)Cc9cccc%10c9C(c9cnc[nH]9)CC(C(Cc9ccccc9)CSSCC9(CO)C(CNC)CCC79CC36C4)C%108)CC5NC(N)=NC)s2)s1. The lowest BCUT2D eigenvalue weighted by atomic mass is 9.46. The summed E-state index contributed by atoms with van der Waals surface area (Å²) >= 11 is 3.30. The predicted molar refractivity (Wildman–Crippen MR) is 360 cm³/mol. The number of aliphatic hydroxyl groups excluding tert-OH is 1. The molecule has 9 N–H and O–H groups in total. The van der Waals surface area contributed by atoms with Crippen molar-refractivity contribution in [3.05, 3.63) is 164 Å². The Balaban J connectivity index is 1.05. The molecular formula is C73H79N7O4S4. The van der Waals surface area contributed by atoms with Crippen molar-refractivity contribution in [2.45, 2.75) is 108 Å². The van der Waals surface area contributed by atoms with Gasteiger partial charge in [0, 0.05) is 92.7 Å². The first kappa shape index (κ1) is 58.4. The maximum atomic E-state index is 16.6. The summed E-state index contributed by atoms with van der Waals surface area (Å²) in [6.45, 7) is 4.62. The molecule has 0 amide bonds. The van der Waals surface area contributed by atoms with E-state index < -0.39 is 33.3 Å². The third-order valence-corrected chi connectivity index (χ3v) is 28.5. The number of aromatic nitrogens is 2. The van der Waals surface area contributed by atoms with Crippen LogP contribution in [0.3, 0.4) is 0 Å². The number of Topliss-reactive ketones (excluding diaryl/α,β-unsaturated/α-hetero) is 1. The number of guanidine groups is 1. The van der Waals surface area contributed by atoms with Gasteiger partial charge in [-0.15, -0.1) is 28.6 Å². The van der Waals surface area contributed by atoms with Gasteiger partial charge in [-0.3, -0.25) is 9.79 Å². The number of carbonyl (C=O) groups excluding carboxylic acids is 1. The average Bonchev–Trinajstić information content (AvgIpc) is 1.48. The van der Waals surface area contributed by atoms with Crippen LogP contribution < -0.4 is 21.7 Å². The van der Waals surface area contributed by atoms with Gasteiger partial charge >= 0.3 is 0 Å². The van der Waals surface area contributed by atoms with Gasteiger partial charge < -0.3 is 42.0 Å². The highest BCUT2D eigenvalue weighted by Crippen LogP contribution is 2.80. The van der Waals surface area contributed by atoms with E-state index in [4.69, 9.17) is 10.7 Å². The fraction of sp³-hybridized carbons (Fsp3) is 0.466. The fourth-order valence-corrected chi connectivity index (χ4v) is 25.2. The van der Waals surface area contributed by atoms with Crippen molar-refractivity contribution < 1.29 is 20.1 Å². The topological polar surface area (TPSA) is 181 Å². The highest BCUT2D eigenvalue weighted by atomic mass is 33.1. The molecule has 3 aromatic carbocycles. The lowest BCUT2D eigenvalue weighted by Crippen LogP contribution is -2.59. The van der Waals surface area contributed by atoms with Gasteiger partial charge in [-0.25, -0.2) is 4.98 Å². The summed E-state index contributed by atoms with van der Waals surface area (Å²) in [5, 5.41) is 50.3. The summed E-state index contributed by atoms with van der Waals surface area (Å²) in [6.07, 6.45) is 20.3. The van der Waals surface area contributed by atoms with Gasteiger partial charge in [0.2, 0.25) is 0 Å². The number of phenolic OH excluding ortho intramolecular Hbond substituents is 1. The van der Waals surface area contributed by atoms with Gasteiger partial charge in [-0.05, 0) is 184 Å². The number of benzene rings is 3. The number of phenols is 1. The second kappa shape index (κ2) is 22.4. The minimum atomic E-state index is -1.30. The van der Waals surface area contributed by atoms with Crippen molar-refractivity contribution in [3.8, 4) is 39.2 Å². The molecule has 4 fully saturated rings. The molecule has 15 rings (SSSR count). The van der Waals surface area contributed by atoms with Gasteiger partial charge in [-0.1, -0.05) is 112 Å². The molecule has 6 aromatic rings. The number of H-pyrrole nitrogens is 1. The van der Waals surface area contributed by atoms with Crippen molar-refractivity contribution in [1.82, 2.24) is 20.6 Å². The minimum absolute atomic E-state index is 0.0273. The number of fused-ring (bicyclic) bond motifs is 1. The molecule has 16 atom stereocenters. The molecule has 15 heteroatoms. The minimum Gasteiger partial charge on any atom is -0.507 e. The Bertz CT molecular complexity index is 3940. The van der Waals surface area contributed by atoms with E-state index in [1.165, 1.54) is 16.7 Å². The van der Waals surface area contributed by atoms with Crippen LogP contribution in [-0.4, -0.2) is 93.5 Å². The van der Waals surface area contributed by atoms with Crippen LogP contribution in [0.4, 0.5) is 5.69 Å². The lowest BCUT2D eigenvalue weighted by molar-refractivity contribution is -0.0543. The van der Waals surface area contributed by atoms with Gasteiger partial charge in [-0.2, -0.15) is 0 Å². The standard InChI is InChI=1S/C73H79N7O4S4/c1-5-10-47-15-19-58(87-47)59-20-21-60(88-59)67(83)55-25-27-70-26-24-54-65-51-17-16-48-44(31-62(70)80-68(74)76-4)30-57(82)49-18-22-61(79-66(48)49)69(2,84)33-43-13-9-14-50-63(43)53(56-35-77-41-78-56)32-52(64(50)51)45(29-42-11-7-6-8-12-42)36-85-86-40-73(39-81)46(34-75-3)23-28-72(65,73)38-71(54,55)37-70/h6-9,11-15,18-22,24,26,30,35,41,45-46,51-55,61-62,64-65,75,79,81-82,84H,23,25,27-29,31-34,36-40H2,1-4H3,(H,77,78)(H3,74,76,80). The monoisotopic (exact) mass is 1250 g/mol. The number of carbonyl (C=O) groups is 1. The average molecular weight is 1250 g/mol. The third-order valence-electron chi connectivity index (χ3n) is 23.6. The summed E-state index contributed by atoms with van der Waals surface area (Å²) in [6, 6.07) is 27.6. The van der Waals surface area contributed by atoms with E-state index in [-0.39, 0.29) is 77.4 Å². The number of aromatic amines is 1. The first-order chi connectivity index (χ1) is 42.8. The predicted octanol–water partition coefficient (Wildman–Crippen LogP) is 12.5. The number of allylic oxidation sites excluding steroid dienone is 1. The van der Waals surface area contributed by atoms with E-state index in [1.807, 2.05) is 66.2 Å². The van der Waals surface area contributed by atoms with Crippen LogP contribution in [-0.2, 0) is 19.3 Å². The second-order valence-corrected chi connectivity index (χ2v) is 32.3. The molecule has 454 valence electrons. The smallest absolute Gasteiger partial charge is 0.188 e. The van der Waals surface area contributed by atoms with Crippen LogP contribution in [0.15, 0.2) is 115 Å². The Morgan fingerprint density at radius 3 is 2.66 bits per heavy atom. The zero-order chi connectivity index (χ0) is 60.3. The van der Waals surface area contributed by atoms with Crippen LogP contribution in [0.5, 0.6) is 5.75 Å². The normalized spacial score (nSPS) is 35.4. The number of anilines is 1. The van der Waals surface area contributed by atoms with Crippen molar-refractivity contribution in [3.63, 3.8) is 0 Å². The largest absolute Gasteiger partial charge is 0.507 e. The summed E-state index contributed by atoms with van der Waals surface area (Å²) < 4.78 is 0. The quantitative estimate of drug-likeness (QED) is 0.0163. The summed E-state index contributed by atoms with van der Waals surface area (Å²) in [5.41, 5.74) is 12.6. The van der Waals surface area contributed by atoms with Gasteiger partial charge in [0.1, 0.15) is 5.75 Å². The molecule has 9 aliphatic rings. The maximum Gasteiger partial charge on any atom is 0.188 e. The molecule has 11 nitrogen and oxygen atoms in total. The number of nitrogens with one attached hydrogen (secondary N) is 4. The van der Waals surface area contributed by atoms with Crippen molar-refractivity contribution in [2.75, 3.05) is 44.1 Å². The van der Waals surface area contributed by atoms with Crippen LogP contribution in [0, 0.1) is 86.8 Å². The molecule has 6 aliphatic carbocycles. The Labute approximate surface area is 533 Å². The van der Waals surface area contributed by atoms with Crippen molar-refractivity contribution in [1.29, 1.82) is 0 Å². The fourth-order valence-electron chi connectivity index (χ4n) is 19.9. The number of hydrogen-bond acceptors (Lipinski definition) is 12. The first-order valence-corrected chi connectivity index (χ1v) is 35.9. The molecule has 3 aliphatic heterocycles. The molecule has 11 bridgehead atoms. The number of ketones is 1. The molecule has 3 aromatic heterocycles. The second-order valence-electron chi connectivity index (χ2n) is 27.6. The number of aromatic hydroxyl groups is 1. The molecule has 1 saturated heterocycles. The molecule has 6 heterocycles. The number of thiophene rings is 2. The van der Waals surface area contributed by atoms with Crippen molar-refractivity contribution in [2.24, 2.45) is 73.8 Å². The third kappa shape index (κ3) is 9.12. The highest BCUT2D eigenvalue weighted by Gasteiger charge is 2.76. The summed E-state index contributed by atoms with van der Waals surface area (Å²) in [4.78, 5) is 33.6. The van der Waals surface area contributed by atoms with Crippen LogP contribution in [0.25, 0.3) is 15.8 Å². The van der Waals surface area contributed by atoms with E-state index in [1.54, 1.807) is 29.7 Å². The van der Waals surface area contributed by atoms with Gasteiger partial charge in [0.05, 0.1) is 45.6 Å². The van der Waals surface area contributed by atoms with E-state index in [2.05, 4.69) is 142 Å². The number of nitrogens with two attached hydrogens (primary N) is 1. The zero-order valence-corrected chi connectivity index (χ0v) is 53.8. The van der Waals surface area contributed by atoms with Crippen molar-refractivity contribution >= 4 is 67.8 Å². The number of nitrogens with zero attached hydrogens (tertiary/aromatic N) is 2. The number of hydrogen-bond donors (Lipinski definition) is 8. The number of rotatable bonds is 10. The van der Waals surface area contributed by atoms with E-state index in [9.17, 15) is 15.3 Å². The molecule has 3 saturated carbocycles. The first-order valence-electron chi connectivity index (χ1n) is 31.8. The summed E-state index contributed by atoms with van der Waals surface area (Å²) in [5.74, 6) is 16.8. The Morgan fingerprint density at radius 1 is 1.00 bits per heavy atom. The number of aliphatic imine (C=N–C) groups is 1. The number of aliphatic hydroxyl groups is 2. The molecule has 88 heavy (non-hydrogen) atoms. The van der Waals surface area contributed by atoms with E-state index in [0.717, 1.165) is 111 Å². The lowest BCUT2D eigenvalue weighted by Gasteiger charge is -2.58. The molecule has 16 unspecified atom stereocenters. The van der Waals surface area contributed by atoms with E-state index in [0.29, 0.717) is 30.8 Å². The Kier molecular flexibility index (Phi) is 14.9. The Morgan fingerprint density at radius 2 is 1.85 bits per heavy atom. The molecule has 0 radical (unpaired) electrons. The molecule has 3 spiro atoms. The highest BCUT2D eigenvalue weighted by molar-refractivity contribution is 8.76. The van der Waals surface area contributed by atoms with Gasteiger partial charge in [0.15, 0.2) is 11.7 Å². The molecular weight excluding hydrogens is 1170 g/mol. The van der Waals surface area contributed by atoms with Crippen LogP contribution in [0.2, 0.25) is 0 Å². The van der Waals surface area contributed by atoms with E-state index >= 15 is 4.79 Å². The van der Waals surface area contributed by atoms with Gasteiger partial charge in [0.25, 0.3) is 0 Å².